The Morgan fingerprint density at radius 2 is 1.60 bits per heavy atom. The van der Waals surface area contributed by atoms with Crippen LogP contribution in [-0.2, 0) is 20.8 Å². The second-order valence-corrected chi connectivity index (χ2v) is 6.05. The minimum Gasteiger partial charge on any atom is -0.379 e. The molecule has 3 rings (SSSR count). The standard InChI is InChI=1S/C17H24O3/c1-2-4-15(5-3-1)14-20-16-12-17(13-16)6-8-18-10-11-19-9-7-17/h1-5,16H,6-14H2. The molecule has 3 nitrogen and oxygen atoms in total. The largest absolute Gasteiger partial charge is 0.379 e. The zero-order valence-corrected chi connectivity index (χ0v) is 12.1. The Balaban J connectivity index is 1.44. The lowest BCUT2D eigenvalue weighted by Crippen LogP contribution is -2.43. The molecule has 1 aliphatic carbocycles. The first-order valence-corrected chi connectivity index (χ1v) is 7.67. The summed E-state index contributed by atoms with van der Waals surface area (Å²) in [7, 11) is 0. The van der Waals surface area contributed by atoms with Crippen LogP contribution < -0.4 is 0 Å². The monoisotopic (exact) mass is 276 g/mol. The lowest BCUT2D eigenvalue weighted by atomic mass is 9.63. The summed E-state index contributed by atoms with van der Waals surface area (Å²) in [5, 5.41) is 0. The number of rotatable bonds is 3. The summed E-state index contributed by atoms with van der Waals surface area (Å²) in [6, 6.07) is 10.4. The van der Waals surface area contributed by atoms with E-state index in [0.717, 1.165) is 58.7 Å². The van der Waals surface area contributed by atoms with Crippen molar-refractivity contribution in [2.75, 3.05) is 26.4 Å². The molecule has 0 radical (unpaired) electrons. The Hall–Kier alpha value is -0.900. The maximum atomic E-state index is 6.01. The first-order chi connectivity index (χ1) is 9.86. The highest BCUT2D eigenvalue weighted by Gasteiger charge is 2.44. The summed E-state index contributed by atoms with van der Waals surface area (Å²) < 4.78 is 17.2. The molecule has 1 aliphatic heterocycles. The summed E-state index contributed by atoms with van der Waals surface area (Å²) >= 11 is 0. The normalized spacial score (nSPS) is 23.6. The van der Waals surface area contributed by atoms with Gasteiger partial charge in [0.25, 0.3) is 0 Å². The van der Waals surface area contributed by atoms with Crippen LogP contribution in [0.25, 0.3) is 0 Å². The second kappa shape index (κ2) is 6.70. The predicted octanol–water partition coefficient (Wildman–Crippen LogP) is 3.18. The Labute approximate surface area is 121 Å². The number of hydrogen-bond acceptors (Lipinski definition) is 3. The number of hydrogen-bond donors (Lipinski definition) is 0. The van der Waals surface area contributed by atoms with Gasteiger partial charge in [-0.25, -0.2) is 0 Å². The van der Waals surface area contributed by atoms with Crippen LogP contribution in [0.3, 0.4) is 0 Å². The van der Waals surface area contributed by atoms with Gasteiger partial charge in [0, 0.05) is 13.2 Å². The van der Waals surface area contributed by atoms with E-state index in [0.29, 0.717) is 11.5 Å². The van der Waals surface area contributed by atoms with Gasteiger partial charge in [-0.3, -0.25) is 0 Å². The van der Waals surface area contributed by atoms with Crippen LogP contribution in [0.4, 0.5) is 0 Å². The molecule has 0 bridgehead atoms. The maximum absolute atomic E-state index is 6.01. The Bertz CT molecular complexity index is 386. The molecule has 1 spiro atoms. The highest BCUT2D eigenvalue weighted by molar-refractivity contribution is 5.13. The molecule has 3 heteroatoms. The summed E-state index contributed by atoms with van der Waals surface area (Å²) in [5.74, 6) is 0. The van der Waals surface area contributed by atoms with Gasteiger partial charge >= 0.3 is 0 Å². The molecular weight excluding hydrogens is 252 g/mol. The van der Waals surface area contributed by atoms with E-state index in [-0.39, 0.29) is 0 Å². The molecule has 1 aromatic rings. The van der Waals surface area contributed by atoms with Gasteiger partial charge < -0.3 is 14.2 Å². The van der Waals surface area contributed by atoms with E-state index in [1.807, 2.05) is 6.07 Å². The van der Waals surface area contributed by atoms with E-state index in [4.69, 9.17) is 14.2 Å². The van der Waals surface area contributed by atoms with Crippen LogP contribution in [-0.4, -0.2) is 32.5 Å². The van der Waals surface area contributed by atoms with Crippen LogP contribution >= 0.6 is 0 Å². The third kappa shape index (κ3) is 3.60. The van der Waals surface area contributed by atoms with Gasteiger partial charge in [-0.2, -0.15) is 0 Å². The first-order valence-electron chi connectivity index (χ1n) is 7.67. The van der Waals surface area contributed by atoms with Crippen molar-refractivity contribution in [2.24, 2.45) is 5.41 Å². The van der Waals surface area contributed by atoms with Crippen LogP contribution in [0.15, 0.2) is 30.3 Å². The fourth-order valence-electron chi connectivity index (χ4n) is 3.24. The van der Waals surface area contributed by atoms with Crippen molar-refractivity contribution in [1.82, 2.24) is 0 Å². The average Bonchev–Trinajstić information content (AvgIpc) is 2.57. The van der Waals surface area contributed by atoms with Gasteiger partial charge in [0.05, 0.1) is 25.9 Å². The average molecular weight is 276 g/mol. The summed E-state index contributed by atoms with van der Waals surface area (Å²) in [5.41, 5.74) is 1.67. The molecular formula is C17H24O3. The Kier molecular flexibility index (Phi) is 4.71. The van der Waals surface area contributed by atoms with E-state index in [1.54, 1.807) is 0 Å². The van der Waals surface area contributed by atoms with Gasteiger partial charge in [0.15, 0.2) is 0 Å². The van der Waals surface area contributed by atoms with Crippen molar-refractivity contribution in [3.05, 3.63) is 35.9 Å². The molecule has 0 N–H and O–H groups in total. The topological polar surface area (TPSA) is 27.7 Å². The van der Waals surface area contributed by atoms with Crippen molar-refractivity contribution < 1.29 is 14.2 Å². The first kappa shape index (κ1) is 14.1. The Morgan fingerprint density at radius 1 is 0.950 bits per heavy atom. The van der Waals surface area contributed by atoms with E-state index in [9.17, 15) is 0 Å². The van der Waals surface area contributed by atoms with Crippen molar-refractivity contribution in [1.29, 1.82) is 0 Å². The maximum Gasteiger partial charge on any atom is 0.0720 e. The van der Waals surface area contributed by atoms with Gasteiger partial charge in [-0.15, -0.1) is 0 Å². The molecule has 0 unspecified atom stereocenters. The highest BCUT2D eigenvalue weighted by atomic mass is 16.5. The van der Waals surface area contributed by atoms with Crippen molar-refractivity contribution in [3.63, 3.8) is 0 Å². The van der Waals surface area contributed by atoms with E-state index < -0.39 is 0 Å². The van der Waals surface area contributed by atoms with Crippen LogP contribution in [0.2, 0.25) is 0 Å². The molecule has 2 fully saturated rings. The second-order valence-electron chi connectivity index (χ2n) is 6.05. The van der Waals surface area contributed by atoms with Crippen molar-refractivity contribution in [3.8, 4) is 0 Å². The third-order valence-corrected chi connectivity index (χ3v) is 4.58. The van der Waals surface area contributed by atoms with Crippen LogP contribution in [0.1, 0.15) is 31.2 Å². The molecule has 1 heterocycles. The van der Waals surface area contributed by atoms with Crippen LogP contribution in [0, 0.1) is 5.41 Å². The van der Waals surface area contributed by atoms with Gasteiger partial charge in [-0.05, 0) is 36.7 Å². The molecule has 1 saturated heterocycles. The minimum absolute atomic E-state index is 0.408. The Morgan fingerprint density at radius 3 is 2.25 bits per heavy atom. The SMILES string of the molecule is c1ccc(COC2CC3(CCOCCOCC3)C2)cc1. The predicted molar refractivity (Wildman–Crippen MR) is 77.6 cm³/mol. The van der Waals surface area contributed by atoms with Gasteiger partial charge in [0.1, 0.15) is 0 Å². The van der Waals surface area contributed by atoms with Gasteiger partial charge in [-0.1, -0.05) is 30.3 Å². The molecule has 0 atom stereocenters. The third-order valence-electron chi connectivity index (χ3n) is 4.58. The zero-order valence-electron chi connectivity index (χ0n) is 12.1. The van der Waals surface area contributed by atoms with Gasteiger partial charge in [0.2, 0.25) is 0 Å². The lowest BCUT2D eigenvalue weighted by Gasteiger charge is -2.47. The fourth-order valence-corrected chi connectivity index (χ4v) is 3.24. The van der Waals surface area contributed by atoms with Crippen molar-refractivity contribution in [2.45, 2.75) is 38.4 Å². The van der Waals surface area contributed by atoms with E-state index in [2.05, 4.69) is 24.3 Å². The van der Waals surface area contributed by atoms with Crippen molar-refractivity contribution >= 4 is 0 Å². The smallest absolute Gasteiger partial charge is 0.0720 e. The number of ether oxygens (including phenoxy) is 3. The van der Waals surface area contributed by atoms with E-state index in [1.165, 1.54) is 5.56 Å². The molecule has 110 valence electrons. The van der Waals surface area contributed by atoms with E-state index >= 15 is 0 Å². The summed E-state index contributed by atoms with van der Waals surface area (Å²) in [6.07, 6.45) is 5.04. The highest BCUT2D eigenvalue weighted by Crippen LogP contribution is 2.48. The lowest BCUT2D eigenvalue weighted by molar-refractivity contribution is -0.104. The quantitative estimate of drug-likeness (QED) is 0.848. The minimum atomic E-state index is 0.408. The molecule has 2 aliphatic rings. The van der Waals surface area contributed by atoms with Crippen LogP contribution in [0.5, 0.6) is 0 Å². The number of benzene rings is 1. The summed E-state index contributed by atoms with van der Waals surface area (Å²) in [6.45, 7) is 3.95. The zero-order chi connectivity index (χ0) is 13.7. The summed E-state index contributed by atoms with van der Waals surface area (Å²) in [4.78, 5) is 0. The molecule has 20 heavy (non-hydrogen) atoms. The molecule has 0 amide bonds. The molecule has 0 aromatic heterocycles. The molecule has 1 saturated carbocycles. The molecule has 1 aromatic carbocycles. The fraction of sp³-hybridized carbons (Fsp3) is 0.647.